The molecule has 2 aromatic carbocycles. The Balaban J connectivity index is 1.73. The maximum Gasteiger partial charge on any atom is 0.291 e. The van der Waals surface area contributed by atoms with E-state index in [0.717, 1.165) is 44.2 Å². The van der Waals surface area contributed by atoms with Crippen molar-refractivity contribution in [2.24, 2.45) is 0 Å². The molecule has 0 bridgehead atoms. The van der Waals surface area contributed by atoms with Crippen LogP contribution in [0.4, 0.5) is 5.69 Å². The van der Waals surface area contributed by atoms with Gasteiger partial charge in [0.05, 0.1) is 5.52 Å². The molecule has 0 saturated heterocycles. The van der Waals surface area contributed by atoms with Crippen molar-refractivity contribution >= 4 is 33.5 Å². The first-order chi connectivity index (χ1) is 12.0. The number of fused-ring (bicyclic) bond motifs is 2. The number of benzene rings is 2. The second-order valence-corrected chi connectivity index (χ2v) is 6.32. The number of pyridine rings is 1. The number of aryl methyl sites for hydroxylation is 3. The van der Waals surface area contributed by atoms with Gasteiger partial charge in [-0.1, -0.05) is 18.2 Å². The van der Waals surface area contributed by atoms with E-state index in [4.69, 9.17) is 4.42 Å². The lowest BCUT2D eigenvalue weighted by atomic mass is 10.0. The zero-order valence-corrected chi connectivity index (χ0v) is 14.4. The molecule has 0 saturated carbocycles. The van der Waals surface area contributed by atoms with E-state index in [-0.39, 0.29) is 5.91 Å². The number of nitrogens with zero attached hydrogens (tertiary/aromatic N) is 1. The largest absolute Gasteiger partial charge is 0.450 e. The molecule has 25 heavy (non-hydrogen) atoms. The number of hydrogen-bond donors (Lipinski definition) is 1. The van der Waals surface area contributed by atoms with Gasteiger partial charge < -0.3 is 9.73 Å². The average Bonchev–Trinajstić information content (AvgIpc) is 2.97. The number of carbonyl (C=O) groups is 1. The summed E-state index contributed by atoms with van der Waals surface area (Å²) in [4.78, 5) is 17.0. The first-order valence-corrected chi connectivity index (χ1v) is 8.20. The van der Waals surface area contributed by atoms with Crippen LogP contribution in [0, 0.1) is 20.8 Å². The van der Waals surface area contributed by atoms with Crippen LogP contribution in [0.15, 0.2) is 53.1 Å². The summed E-state index contributed by atoms with van der Waals surface area (Å²) in [6.45, 7) is 5.95. The van der Waals surface area contributed by atoms with Gasteiger partial charge in [0.2, 0.25) is 0 Å². The van der Waals surface area contributed by atoms with Crippen molar-refractivity contribution in [2.75, 3.05) is 5.32 Å². The normalized spacial score (nSPS) is 11.2. The first kappa shape index (κ1) is 15.4. The zero-order chi connectivity index (χ0) is 17.6. The zero-order valence-electron chi connectivity index (χ0n) is 14.4. The fourth-order valence-electron chi connectivity index (χ4n) is 3.23. The van der Waals surface area contributed by atoms with E-state index < -0.39 is 0 Å². The molecule has 4 aromatic rings. The van der Waals surface area contributed by atoms with Crippen molar-refractivity contribution in [3.8, 4) is 0 Å². The summed E-state index contributed by atoms with van der Waals surface area (Å²) >= 11 is 0. The van der Waals surface area contributed by atoms with Crippen molar-refractivity contribution < 1.29 is 9.21 Å². The van der Waals surface area contributed by atoms with Gasteiger partial charge in [0, 0.05) is 28.2 Å². The van der Waals surface area contributed by atoms with E-state index in [0.29, 0.717) is 5.76 Å². The number of carbonyl (C=O) groups excluding carboxylic acids is 1. The van der Waals surface area contributed by atoms with Crippen LogP contribution in [0.1, 0.15) is 27.2 Å². The van der Waals surface area contributed by atoms with Gasteiger partial charge in [0.1, 0.15) is 5.58 Å². The highest BCUT2D eigenvalue weighted by Crippen LogP contribution is 2.31. The smallest absolute Gasteiger partial charge is 0.291 e. The van der Waals surface area contributed by atoms with E-state index in [2.05, 4.69) is 16.4 Å². The highest BCUT2D eigenvalue weighted by atomic mass is 16.3. The molecule has 0 unspecified atom stereocenters. The third kappa shape index (κ3) is 2.56. The van der Waals surface area contributed by atoms with Gasteiger partial charge in [0.15, 0.2) is 5.76 Å². The molecule has 0 fully saturated rings. The molecule has 0 atom stereocenters. The summed E-state index contributed by atoms with van der Waals surface area (Å²) in [6.07, 6.45) is 1.75. The number of nitrogens with one attached hydrogen (secondary N) is 1. The molecule has 1 amide bonds. The van der Waals surface area contributed by atoms with Crippen molar-refractivity contribution in [1.82, 2.24) is 4.98 Å². The van der Waals surface area contributed by atoms with Crippen molar-refractivity contribution in [1.29, 1.82) is 0 Å². The lowest BCUT2D eigenvalue weighted by Gasteiger charge is -2.05. The van der Waals surface area contributed by atoms with Crippen molar-refractivity contribution in [2.45, 2.75) is 20.8 Å². The minimum atomic E-state index is -0.240. The van der Waals surface area contributed by atoms with Gasteiger partial charge in [0.25, 0.3) is 5.91 Å². The first-order valence-electron chi connectivity index (χ1n) is 8.20. The predicted molar refractivity (Wildman–Crippen MR) is 100 cm³/mol. The Morgan fingerprint density at radius 2 is 1.84 bits per heavy atom. The van der Waals surface area contributed by atoms with Gasteiger partial charge in [-0.25, -0.2) is 0 Å². The Bertz CT molecular complexity index is 1130. The van der Waals surface area contributed by atoms with E-state index in [1.807, 2.05) is 57.2 Å². The molecule has 0 aliphatic rings. The quantitative estimate of drug-likeness (QED) is 0.552. The van der Waals surface area contributed by atoms with Crippen LogP contribution < -0.4 is 5.32 Å². The van der Waals surface area contributed by atoms with E-state index in [1.165, 1.54) is 0 Å². The second-order valence-electron chi connectivity index (χ2n) is 6.32. The SMILES string of the molecule is Cc1ccc(C)c2c(C)c(C(=O)Nc3ccc4ncccc4c3)oc12. The van der Waals surface area contributed by atoms with E-state index in [9.17, 15) is 4.79 Å². The Kier molecular flexibility index (Phi) is 3.53. The summed E-state index contributed by atoms with van der Waals surface area (Å²) in [5.41, 5.74) is 5.41. The van der Waals surface area contributed by atoms with Gasteiger partial charge in [-0.2, -0.15) is 0 Å². The molecule has 0 aliphatic carbocycles. The Morgan fingerprint density at radius 3 is 2.64 bits per heavy atom. The molecule has 0 aliphatic heterocycles. The summed E-state index contributed by atoms with van der Waals surface area (Å²) in [6, 6.07) is 13.6. The molecule has 4 heteroatoms. The lowest BCUT2D eigenvalue weighted by molar-refractivity contribution is 0.0998. The fraction of sp³-hybridized carbons (Fsp3) is 0.143. The van der Waals surface area contributed by atoms with Crippen LogP contribution in [0.2, 0.25) is 0 Å². The number of amides is 1. The Labute approximate surface area is 145 Å². The number of furan rings is 1. The fourth-order valence-corrected chi connectivity index (χ4v) is 3.23. The second kappa shape index (κ2) is 5.74. The summed E-state index contributed by atoms with van der Waals surface area (Å²) in [5.74, 6) is 0.120. The van der Waals surface area contributed by atoms with Crippen molar-refractivity contribution in [3.63, 3.8) is 0 Å². The molecule has 2 aromatic heterocycles. The molecule has 1 N–H and O–H groups in total. The minimum absolute atomic E-state index is 0.240. The lowest BCUT2D eigenvalue weighted by Crippen LogP contribution is -2.12. The number of rotatable bonds is 2. The Hall–Kier alpha value is -3.14. The molecular formula is C21H18N2O2. The molecule has 4 nitrogen and oxygen atoms in total. The summed E-state index contributed by atoms with van der Waals surface area (Å²) < 4.78 is 5.91. The third-order valence-corrected chi connectivity index (χ3v) is 4.55. The average molecular weight is 330 g/mol. The Morgan fingerprint density at radius 1 is 1.04 bits per heavy atom. The van der Waals surface area contributed by atoms with Crippen LogP contribution in [-0.2, 0) is 0 Å². The van der Waals surface area contributed by atoms with E-state index in [1.54, 1.807) is 6.20 Å². The highest BCUT2D eigenvalue weighted by molar-refractivity contribution is 6.07. The summed E-state index contributed by atoms with van der Waals surface area (Å²) in [7, 11) is 0. The van der Waals surface area contributed by atoms with Gasteiger partial charge in [-0.15, -0.1) is 0 Å². The van der Waals surface area contributed by atoms with Crippen LogP contribution in [0.3, 0.4) is 0 Å². The van der Waals surface area contributed by atoms with Gasteiger partial charge in [-0.05, 0) is 56.2 Å². The van der Waals surface area contributed by atoms with Crippen LogP contribution >= 0.6 is 0 Å². The number of aromatic nitrogens is 1. The molecule has 0 spiro atoms. The molecule has 124 valence electrons. The highest BCUT2D eigenvalue weighted by Gasteiger charge is 2.20. The van der Waals surface area contributed by atoms with Crippen LogP contribution in [0.25, 0.3) is 21.9 Å². The predicted octanol–water partition coefficient (Wildman–Crippen LogP) is 5.16. The monoisotopic (exact) mass is 330 g/mol. The maximum absolute atomic E-state index is 12.7. The van der Waals surface area contributed by atoms with Crippen LogP contribution in [0.5, 0.6) is 0 Å². The van der Waals surface area contributed by atoms with Crippen molar-refractivity contribution in [3.05, 3.63) is 71.1 Å². The topological polar surface area (TPSA) is 55.1 Å². The standard InChI is InChI=1S/C21H18N2O2/c1-12-6-7-13(2)19-18(12)14(3)20(25-19)21(24)23-16-8-9-17-15(11-16)5-4-10-22-17/h4-11H,1-3H3,(H,23,24). The minimum Gasteiger partial charge on any atom is -0.450 e. The third-order valence-electron chi connectivity index (χ3n) is 4.55. The molecule has 2 heterocycles. The number of hydrogen-bond acceptors (Lipinski definition) is 3. The summed E-state index contributed by atoms with van der Waals surface area (Å²) in [5, 5.41) is 4.93. The number of anilines is 1. The molecular weight excluding hydrogens is 312 g/mol. The van der Waals surface area contributed by atoms with Crippen LogP contribution in [-0.4, -0.2) is 10.9 Å². The van der Waals surface area contributed by atoms with Gasteiger partial charge >= 0.3 is 0 Å². The molecule has 0 radical (unpaired) electrons. The molecule has 4 rings (SSSR count). The van der Waals surface area contributed by atoms with Gasteiger partial charge in [-0.3, -0.25) is 9.78 Å². The van der Waals surface area contributed by atoms with E-state index >= 15 is 0 Å². The maximum atomic E-state index is 12.7.